The second-order valence-corrected chi connectivity index (χ2v) is 4.59. The molecule has 1 aliphatic heterocycles. The predicted molar refractivity (Wildman–Crippen MR) is 65.6 cm³/mol. The van der Waals surface area contributed by atoms with E-state index in [2.05, 4.69) is 10.2 Å². The molecule has 1 saturated heterocycles. The molecule has 4 heteroatoms. The van der Waals surface area contributed by atoms with Crippen molar-refractivity contribution in [3.63, 3.8) is 0 Å². The van der Waals surface area contributed by atoms with Crippen molar-refractivity contribution < 1.29 is 9.84 Å². The van der Waals surface area contributed by atoms with E-state index in [0.717, 1.165) is 32.8 Å². The molecule has 0 radical (unpaired) electrons. The molecular formula is C12H26N2O2. The molecule has 0 aromatic rings. The van der Waals surface area contributed by atoms with Gasteiger partial charge in [0.15, 0.2) is 0 Å². The molecule has 1 aliphatic rings. The van der Waals surface area contributed by atoms with Crippen LogP contribution in [0.2, 0.25) is 0 Å². The molecule has 0 aliphatic carbocycles. The topological polar surface area (TPSA) is 44.7 Å². The minimum Gasteiger partial charge on any atom is -0.390 e. The van der Waals surface area contributed by atoms with Crippen molar-refractivity contribution in [2.45, 2.75) is 38.9 Å². The number of ether oxygens (including phenoxy) is 1. The summed E-state index contributed by atoms with van der Waals surface area (Å²) < 4.78 is 5.40. The second kappa shape index (κ2) is 8.01. The van der Waals surface area contributed by atoms with Crippen molar-refractivity contribution in [1.82, 2.24) is 10.2 Å². The molecule has 4 nitrogen and oxygen atoms in total. The number of aliphatic hydroxyl groups excluding tert-OH is 1. The van der Waals surface area contributed by atoms with Gasteiger partial charge in [-0.1, -0.05) is 0 Å². The molecule has 0 aromatic carbocycles. The van der Waals surface area contributed by atoms with E-state index in [1.165, 1.54) is 12.8 Å². The number of nitrogens with zero attached hydrogens (tertiary/aromatic N) is 1. The Hall–Kier alpha value is -0.160. The van der Waals surface area contributed by atoms with E-state index in [0.29, 0.717) is 6.54 Å². The van der Waals surface area contributed by atoms with Crippen molar-refractivity contribution in [2.24, 2.45) is 0 Å². The summed E-state index contributed by atoms with van der Waals surface area (Å²) in [5.74, 6) is 0. The van der Waals surface area contributed by atoms with Gasteiger partial charge < -0.3 is 20.1 Å². The maximum absolute atomic E-state index is 9.81. The highest BCUT2D eigenvalue weighted by molar-refractivity contribution is 4.71. The van der Waals surface area contributed by atoms with Crippen LogP contribution in [0.1, 0.15) is 26.7 Å². The van der Waals surface area contributed by atoms with Gasteiger partial charge in [0.25, 0.3) is 0 Å². The largest absolute Gasteiger partial charge is 0.390 e. The van der Waals surface area contributed by atoms with Crippen LogP contribution in [-0.2, 0) is 4.74 Å². The van der Waals surface area contributed by atoms with Crippen LogP contribution in [0, 0.1) is 0 Å². The summed E-state index contributed by atoms with van der Waals surface area (Å²) in [5, 5.41) is 13.0. The zero-order valence-electron chi connectivity index (χ0n) is 10.6. The molecule has 1 fully saturated rings. The Morgan fingerprint density at radius 3 is 2.62 bits per heavy atom. The minimum absolute atomic E-state index is 0.226. The van der Waals surface area contributed by atoms with Gasteiger partial charge in [-0.3, -0.25) is 0 Å². The van der Waals surface area contributed by atoms with Crippen LogP contribution >= 0.6 is 0 Å². The van der Waals surface area contributed by atoms with Crippen molar-refractivity contribution in [3.8, 4) is 0 Å². The number of aliphatic hydroxyl groups is 1. The second-order valence-electron chi connectivity index (χ2n) is 4.59. The summed E-state index contributed by atoms with van der Waals surface area (Å²) >= 11 is 0. The van der Waals surface area contributed by atoms with Gasteiger partial charge >= 0.3 is 0 Å². The molecule has 2 N–H and O–H groups in total. The Labute approximate surface area is 99.0 Å². The number of hydrogen-bond donors (Lipinski definition) is 2. The SMILES string of the molecule is CCOC(C)CNCC(O)CN1CCCC1. The zero-order chi connectivity index (χ0) is 11.8. The van der Waals surface area contributed by atoms with Gasteiger partial charge in [-0.2, -0.15) is 0 Å². The highest BCUT2D eigenvalue weighted by atomic mass is 16.5. The van der Waals surface area contributed by atoms with Crippen LogP contribution in [0.5, 0.6) is 0 Å². The first-order valence-corrected chi connectivity index (χ1v) is 6.45. The Morgan fingerprint density at radius 1 is 1.31 bits per heavy atom. The molecule has 0 saturated carbocycles. The van der Waals surface area contributed by atoms with Gasteiger partial charge in [0, 0.05) is 26.2 Å². The first-order chi connectivity index (χ1) is 7.72. The van der Waals surface area contributed by atoms with Crippen LogP contribution < -0.4 is 5.32 Å². The van der Waals surface area contributed by atoms with Crippen molar-refractivity contribution in [3.05, 3.63) is 0 Å². The van der Waals surface area contributed by atoms with Crippen LogP contribution in [0.15, 0.2) is 0 Å². The van der Waals surface area contributed by atoms with Gasteiger partial charge in [0.05, 0.1) is 12.2 Å². The average molecular weight is 230 g/mol. The fraction of sp³-hybridized carbons (Fsp3) is 1.00. The summed E-state index contributed by atoms with van der Waals surface area (Å²) in [6, 6.07) is 0. The molecule has 0 spiro atoms. The van der Waals surface area contributed by atoms with Gasteiger partial charge in [0.1, 0.15) is 0 Å². The summed E-state index contributed by atoms with van der Waals surface area (Å²) in [6.07, 6.45) is 2.53. The first kappa shape index (κ1) is 13.9. The highest BCUT2D eigenvalue weighted by Gasteiger charge is 2.15. The number of hydrogen-bond acceptors (Lipinski definition) is 4. The van der Waals surface area contributed by atoms with E-state index in [1.807, 2.05) is 13.8 Å². The van der Waals surface area contributed by atoms with E-state index in [4.69, 9.17) is 4.74 Å². The van der Waals surface area contributed by atoms with E-state index in [9.17, 15) is 5.11 Å². The highest BCUT2D eigenvalue weighted by Crippen LogP contribution is 2.07. The van der Waals surface area contributed by atoms with E-state index in [1.54, 1.807) is 0 Å². The Morgan fingerprint density at radius 2 is 2.00 bits per heavy atom. The van der Waals surface area contributed by atoms with E-state index >= 15 is 0 Å². The monoisotopic (exact) mass is 230 g/mol. The number of nitrogens with one attached hydrogen (secondary N) is 1. The van der Waals surface area contributed by atoms with Crippen molar-refractivity contribution >= 4 is 0 Å². The standard InChI is InChI=1S/C12H26N2O2/c1-3-16-11(2)8-13-9-12(15)10-14-6-4-5-7-14/h11-13,15H,3-10H2,1-2H3. The molecule has 0 amide bonds. The van der Waals surface area contributed by atoms with Gasteiger partial charge in [-0.15, -0.1) is 0 Å². The van der Waals surface area contributed by atoms with Crippen LogP contribution in [0.3, 0.4) is 0 Å². The van der Waals surface area contributed by atoms with E-state index < -0.39 is 0 Å². The third kappa shape index (κ3) is 5.80. The normalized spacial score (nSPS) is 21.2. The van der Waals surface area contributed by atoms with Crippen LogP contribution in [0.4, 0.5) is 0 Å². The molecule has 2 unspecified atom stereocenters. The predicted octanol–water partition coefficient (Wildman–Crippen LogP) is 0.458. The Kier molecular flexibility index (Phi) is 6.96. The molecule has 0 bridgehead atoms. The minimum atomic E-state index is -0.257. The maximum Gasteiger partial charge on any atom is 0.0791 e. The lowest BCUT2D eigenvalue weighted by atomic mass is 10.3. The lowest BCUT2D eigenvalue weighted by Gasteiger charge is -2.20. The summed E-state index contributed by atoms with van der Waals surface area (Å²) in [5.41, 5.74) is 0. The van der Waals surface area contributed by atoms with Crippen LogP contribution in [-0.4, -0.2) is 61.5 Å². The fourth-order valence-electron chi connectivity index (χ4n) is 2.12. The average Bonchev–Trinajstić information content (AvgIpc) is 2.70. The molecule has 1 heterocycles. The summed E-state index contributed by atoms with van der Waals surface area (Å²) in [7, 11) is 0. The smallest absolute Gasteiger partial charge is 0.0791 e. The van der Waals surface area contributed by atoms with Crippen molar-refractivity contribution in [1.29, 1.82) is 0 Å². The van der Waals surface area contributed by atoms with Gasteiger partial charge in [-0.05, 0) is 39.8 Å². The lowest BCUT2D eigenvalue weighted by molar-refractivity contribution is 0.0696. The molecule has 2 atom stereocenters. The zero-order valence-corrected chi connectivity index (χ0v) is 10.6. The van der Waals surface area contributed by atoms with Crippen molar-refractivity contribution in [2.75, 3.05) is 39.3 Å². The molecular weight excluding hydrogens is 204 g/mol. The van der Waals surface area contributed by atoms with Gasteiger partial charge in [-0.25, -0.2) is 0 Å². The third-order valence-electron chi connectivity index (χ3n) is 2.93. The summed E-state index contributed by atoms with van der Waals surface area (Å²) in [4.78, 5) is 2.33. The van der Waals surface area contributed by atoms with E-state index in [-0.39, 0.29) is 12.2 Å². The molecule has 16 heavy (non-hydrogen) atoms. The molecule has 96 valence electrons. The molecule has 1 rings (SSSR count). The molecule has 0 aromatic heterocycles. The summed E-state index contributed by atoms with van der Waals surface area (Å²) in [6.45, 7) is 9.36. The van der Waals surface area contributed by atoms with Gasteiger partial charge in [0.2, 0.25) is 0 Å². The third-order valence-corrected chi connectivity index (χ3v) is 2.93. The number of rotatable bonds is 8. The Balaban J connectivity index is 1.98. The fourth-order valence-corrected chi connectivity index (χ4v) is 2.12. The number of β-amino-alcohol motifs (C(OH)–C–C–N with tert-alkyl or cyclic N) is 1. The number of likely N-dealkylation sites (tertiary alicyclic amines) is 1. The Bertz CT molecular complexity index is 172. The first-order valence-electron chi connectivity index (χ1n) is 6.45. The quantitative estimate of drug-likeness (QED) is 0.636. The van der Waals surface area contributed by atoms with Crippen LogP contribution in [0.25, 0.3) is 0 Å². The lowest BCUT2D eigenvalue weighted by Crippen LogP contribution is -2.39. The maximum atomic E-state index is 9.81.